The molecule has 0 saturated carbocycles. The smallest absolute Gasteiger partial charge is 0.338 e. The molecule has 0 aromatic heterocycles. The minimum absolute atomic E-state index is 0.267. The van der Waals surface area contributed by atoms with Gasteiger partial charge in [0.2, 0.25) is 5.91 Å². The van der Waals surface area contributed by atoms with Crippen LogP contribution in [0, 0.1) is 12.8 Å². The third-order valence-electron chi connectivity index (χ3n) is 6.18. The number of rotatable bonds is 5. The summed E-state index contributed by atoms with van der Waals surface area (Å²) >= 11 is 0. The quantitative estimate of drug-likeness (QED) is 0.423. The van der Waals surface area contributed by atoms with Crippen molar-refractivity contribution in [2.24, 2.45) is 5.92 Å². The third-order valence-corrected chi connectivity index (χ3v) is 6.18. The van der Waals surface area contributed by atoms with E-state index in [4.69, 9.17) is 9.57 Å². The molecule has 0 radical (unpaired) electrons. The highest BCUT2D eigenvalue weighted by molar-refractivity contribution is 6.24. The molecule has 3 aromatic carbocycles. The number of carbonyl (C=O) groups is 3. The minimum atomic E-state index is -0.941. The van der Waals surface area contributed by atoms with Gasteiger partial charge < -0.3 is 4.74 Å². The topological polar surface area (TPSA) is 76.2 Å². The second kappa shape index (κ2) is 8.76. The van der Waals surface area contributed by atoms with E-state index in [1.165, 1.54) is 0 Å². The molecule has 0 bridgehead atoms. The molecule has 34 heavy (non-hydrogen) atoms. The van der Waals surface area contributed by atoms with Crippen molar-refractivity contribution in [3.05, 3.63) is 95.6 Å². The van der Waals surface area contributed by atoms with Crippen molar-refractivity contribution in [2.45, 2.75) is 26.0 Å². The summed E-state index contributed by atoms with van der Waals surface area (Å²) in [5.74, 6) is -1.91. The van der Waals surface area contributed by atoms with Crippen LogP contribution >= 0.6 is 0 Å². The van der Waals surface area contributed by atoms with Crippen LogP contribution in [0.25, 0.3) is 0 Å². The predicted octanol–water partition coefficient (Wildman–Crippen LogP) is 4.22. The van der Waals surface area contributed by atoms with Crippen molar-refractivity contribution in [1.82, 2.24) is 0 Å². The van der Waals surface area contributed by atoms with Gasteiger partial charge >= 0.3 is 5.97 Å². The Labute approximate surface area is 197 Å². The highest BCUT2D eigenvalue weighted by atomic mass is 16.7. The molecular weight excluding hydrogens is 432 g/mol. The van der Waals surface area contributed by atoms with Crippen molar-refractivity contribution < 1.29 is 24.0 Å². The number of hydroxylamine groups is 1. The molecule has 2 aliphatic heterocycles. The number of fused-ring (bicyclic) bond motifs is 1. The van der Waals surface area contributed by atoms with Gasteiger partial charge in [0.1, 0.15) is 5.92 Å². The minimum Gasteiger partial charge on any atom is -0.462 e. The van der Waals surface area contributed by atoms with E-state index in [2.05, 4.69) is 0 Å². The number of anilines is 2. The average molecular weight is 456 g/mol. The maximum Gasteiger partial charge on any atom is 0.338 e. The fourth-order valence-electron chi connectivity index (χ4n) is 4.53. The number of carbonyl (C=O) groups excluding carboxylic acids is 3. The van der Waals surface area contributed by atoms with Gasteiger partial charge in [-0.3, -0.25) is 14.4 Å². The second-order valence-electron chi connectivity index (χ2n) is 8.35. The van der Waals surface area contributed by atoms with E-state index in [0.717, 1.165) is 21.7 Å². The second-order valence-corrected chi connectivity index (χ2v) is 8.35. The maximum atomic E-state index is 13.7. The lowest BCUT2D eigenvalue weighted by molar-refractivity contribution is -0.126. The van der Waals surface area contributed by atoms with E-state index in [1.807, 2.05) is 61.5 Å². The number of nitrogens with zero attached hydrogens (tertiary/aromatic N) is 2. The number of ether oxygens (including phenoxy) is 1. The van der Waals surface area contributed by atoms with Gasteiger partial charge in [0.25, 0.3) is 5.91 Å². The Bertz CT molecular complexity index is 1220. The molecule has 0 unspecified atom stereocenters. The van der Waals surface area contributed by atoms with Crippen LogP contribution in [-0.2, 0) is 19.2 Å². The molecule has 7 nitrogen and oxygen atoms in total. The summed E-state index contributed by atoms with van der Waals surface area (Å²) in [5, 5.41) is 1.68. The van der Waals surface area contributed by atoms with E-state index in [9.17, 15) is 14.4 Å². The van der Waals surface area contributed by atoms with Crippen LogP contribution < -0.4 is 9.96 Å². The van der Waals surface area contributed by atoms with Crippen LogP contribution in [0.1, 0.15) is 34.5 Å². The molecule has 2 aliphatic rings. The van der Waals surface area contributed by atoms with Gasteiger partial charge in [-0.15, -0.1) is 0 Å². The lowest BCUT2D eigenvalue weighted by Crippen LogP contribution is -2.37. The number of hydrogen-bond acceptors (Lipinski definition) is 6. The zero-order valence-corrected chi connectivity index (χ0v) is 18.9. The largest absolute Gasteiger partial charge is 0.462 e. The zero-order chi connectivity index (χ0) is 23.8. The van der Waals surface area contributed by atoms with Crippen molar-refractivity contribution in [1.29, 1.82) is 0 Å². The highest BCUT2D eigenvalue weighted by Crippen LogP contribution is 2.47. The summed E-state index contributed by atoms with van der Waals surface area (Å²) < 4.78 is 5.01. The monoisotopic (exact) mass is 456 g/mol. The number of imide groups is 1. The summed E-state index contributed by atoms with van der Waals surface area (Å²) in [4.78, 5) is 46.3. The molecule has 3 aromatic rings. The molecule has 2 heterocycles. The Kier molecular flexibility index (Phi) is 5.63. The number of para-hydroxylation sites is 1. The Hall–Kier alpha value is -3.97. The highest BCUT2D eigenvalue weighted by Gasteiger charge is 2.60. The summed E-state index contributed by atoms with van der Waals surface area (Å²) in [6, 6.07) is 23.2. The molecular formula is C27H24N2O5. The van der Waals surface area contributed by atoms with Crippen LogP contribution in [0.2, 0.25) is 0 Å². The van der Waals surface area contributed by atoms with E-state index < -0.39 is 29.9 Å². The zero-order valence-electron chi connectivity index (χ0n) is 18.9. The Morgan fingerprint density at radius 2 is 1.56 bits per heavy atom. The lowest BCUT2D eigenvalue weighted by atomic mass is 9.90. The van der Waals surface area contributed by atoms with Gasteiger partial charge in [0.15, 0.2) is 6.10 Å². The molecule has 2 fully saturated rings. The van der Waals surface area contributed by atoms with Gasteiger partial charge in [-0.25, -0.2) is 14.8 Å². The number of amides is 2. The molecule has 0 N–H and O–H groups in total. The van der Waals surface area contributed by atoms with Gasteiger partial charge in [0, 0.05) is 0 Å². The lowest BCUT2D eigenvalue weighted by Gasteiger charge is -2.28. The van der Waals surface area contributed by atoms with Crippen molar-refractivity contribution in [2.75, 3.05) is 16.6 Å². The molecule has 2 amide bonds. The first-order valence-electron chi connectivity index (χ1n) is 11.2. The average Bonchev–Trinajstić information content (AvgIpc) is 3.36. The molecule has 5 rings (SSSR count). The van der Waals surface area contributed by atoms with E-state index in [0.29, 0.717) is 11.3 Å². The third kappa shape index (κ3) is 3.64. The maximum absolute atomic E-state index is 13.7. The summed E-state index contributed by atoms with van der Waals surface area (Å²) in [6.45, 7) is 4.00. The van der Waals surface area contributed by atoms with Crippen LogP contribution in [0.5, 0.6) is 0 Å². The van der Waals surface area contributed by atoms with Crippen molar-refractivity contribution in [3.63, 3.8) is 0 Å². The Balaban J connectivity index is 1.50. The van der Waals surface area contributed by atoms with Gasteiger partial charge in [0.05, 0.1) is 29.6 Å². The van der Waals surface area contributed by atoms with Crippen molar-refractivity contribution in [3.8, 4) is 0 Å². The van der Waals surface area contributed by atoms with E-state index in [1.54, 1.807) is 36.3 Å². The first-order valence-corrected chi connectivity index (χ1v) is 11.2. The summed E-state index contributed by atoms with van der Waals surface area (Å²) in [6.07, 6.45) is -0.941. The molecule has 0 spiro atoms. The van der Waals surface area contributed by atoms with E-state index in [-0.39, 0.29) is 12.5 Å². The SMILES string of the molecule is CCOC(=O)c1ccc(N2C(=O)[C@H]3[C@H](ON(c4ccccc4)[C@@H]3c3ccc(C)cc3)C2=O)cc1. The molecule has 7 heteroatoms. The Morgan fingerprint density at radius 3 is 2.21 bits per heavy atom. The van der Waals surface area contributed by atoms with Crippen molar-refractivity contribution >= 4 is 29.2 Å². The summed E-state index contributed by atoms with van der Waals surface area (Å²) in [7, 11) is 0. The number of esters is 1. The number of benzene rings is 3. The fourth-order valence-corrected chi connectivity index (χ4v) is 4.53. The molecule has 0 aliphatic carbocycles. The molecule has 172 valence electrons. The molecule has 2 saturated heterocycles. The molecule has 3 atom stereocenters. The number of aryl methyl sites for hydroxylation is 1. The van der Waals surface area contributed by atoms with Crippen LogP contribution in [-0.4, -0.2) is 30.5 Å². The van der Waals surface area contributed by atoms with Crippen LogP contribution in [0.15, 0.2) is 78.9 Å². The summed E-state index contributed by atoms with van der Waals surface area (Å²) in [5.41, 5.74) is 3.52. The predicted molar refractivity (Wildman–Crippen MR) is 126 cm³/mol. The first-order chi connectivity index (χ1) is 16.5. The van der Waals surface area contributed by atoms with Gasteiger partial charge in [-0.1, -0.05) is 48.0 Å². The van der Waals surface area contributed by atoms with Gasteiger partial charge in [-0.2, -0.15) is 0 Å². The van der Waals surface area contributed by atoms with Crippen LogP contribution in [0.4, 0.5) is 11.4 Å². The number of hydrogen-bond donors (Lipinski definition) is 0. The fraction of sp³-hybridized carbons (Fsp3) is 0.222. The standard InChI is InChI=1S/C27H24N2O5/c1-3-33-27(32)19-13-15-20(16-14-19)28-25(30)22-23(18-11-9-17(2)10-12-18)29(34-24(22)26(28)31)21-7-5-4-6-8-21/h4-16,22-24H,3H2,1-2H3/t22-,23-,24+/m1/s1. The normalized spacial score (nSPS) is 21.6. The van der Waals surface area contributed by atoms with Crippen LogP contribution in [0.3, 0.4) is 0 Å². The first kappa shape index (κ1) is 21.9. The van der Waals surface area contributed by atoms with E-state index >= 15 is 0 Å². The Morgan fingerprint density at radius 1 is 0.882 bits per heavy atom. The van der Waals surface area contributed by atoms with Gasteiger partial charge in [-0.05, 0) is 55.8 Å².